The van der Waals surface area contributed by atoms with Crippen molar-refractivity contribution in [1.82, 2.24) is 0 Å². The average Bonchev–Trinajstić information content (AvgIpc) is 2.66. The highest BCUT2D eigenvalue weighted by molar-refractivity contribution is 5.15. The van der Waals surface area contributed by atoms with Crippen LogP contribution in [-0.4, -0.2) is 29.5 Å². The van der Waals surface area contributed by atoms with E-state index < -0.39 is 12.2 Å². The Morgan fingerprint density at radius 1 is 0.920 bits per heavy atom. The van der Waals surface area contributed by atoms with Gasteiger partial charge in [-0.15, -0.1) is 0 Å². The first kappa shape index (κ1) is 17.7. The summed E-state index contributed by atoms with van der Waals surface area (Å²) in [5, 5.41) is 10.1. The fraction of sp³-hybridized carbons (Fsp3) is 0.333. The van der Waals surface area contributed by atoms with Crippen molar-refractivity contribution in [3.05, 3.63) is 84.1 Å². The van der Waals surface area contributed by atoms with Crippen molar-refractivity contribution in [3.8, 4) is 0 Å². The van der Waals surface area contributed by atoms with Crippen LogP contribution in [0.15, 0.2) is 73.0 Å². The molecule has 0 bridgehead atoms. The zero-order chi connectivity index (χ0) is 17.5. The standard InChI is InChI=1S/C21H24O4/c1-16(22)20-21(25-15-18-10-6-3-7-11-18)19(12-13-23-20)24-14-17-8-4-2-5-9-17/h2-13,16,19-22H,14-15H2,1H3/t16?,19-,20-,21+/m1/s1. The summed E-state index contributed by atoms with van der Waals surface area (Å²) >= 11 is 0. The molecule has 0 fully saturated rings. The molecule has 4 nitrogen and oxygen atoms in total. The number of aliphatic hydroxyl groups excluding tert-OH is 1. The lowest BCUT2D eigenvalue weighted by atomic mass is 10.0. The second kappa shape index (κ2) is 8.81. The molecule has 1 N–H and O–H groups in total. The van der Waals surface area contributed by atoms with Gasteiger partial charge >= 0.3 is 0 Å². The van der Waals surface area contributed by atoms with E-state index >= 15 is 0 Å². The van der Waals surface area contributed by atoms with Gasteiger partial charge in [0, 0.05) is 0 Å². The van der Waals surface area contributed by atoms with Crippen molar-refractivity contribution in [2.45, 2.75) is 44.6 Å². The minimum absolute atomic E-state index is 0.280. The van der Waals surface area contributed by atoms with Gasteiger partial charge in [-0.2, -0.15) is 0 Å². The monoisotopic (exact) mass is 340 g/mol. The van der Waals surface area contributed by atoms with Crippen LogP contribution in [0.2, 0.25) is 0 Å². The number of hydrogen-bond donors (Lipinski definition) is 1. The Bertz CT molecular complexity index is 654. The largest absolute Gasteiger partial charge is 0.493 e. The molecule has 0 aromatic heterocycles. The highest BCUT2D eigenvalue weighted by atomic mass is 16.6. The van der Waals surface area contributed by atoms with Crippen molar-refractivity contribution >= 4 is 0 Å². The molecule has 3 rings (SSSR count). The third-order valence-electron chi connectivity index (χ3n) is 4.20. The van der Waals surface area contributed by atoms with Crippen LogP contribution in [0.25, 0.3) is 0 Å². The topological polar surface area (TPSA) is 47.9 Å². The molecule has 0 amide bonds. The molecule has 2 aromatic rings. The molecule has 0 radical (unpaired) electrons. The summed E-state index contributed by atoms with van der Waals surface area (Å²) in [6, 6.07) is 19.9. The summed E-state index contributed by atoms with van der Waals surface area (Å²) in [6.45, 7) is 2.63. The van der Waals surface area contributed by atoms with E-state index in [4.69, 9.17) is 14.2 Å². The minimum atomic E-state index is -0.659. The highest BCUT2D eigenvalue weighted by Crippen LogP contribution is 2.23. The Hall–Kier alpha value is -2.14. The summed E-state index contributed by atoms with van der Waals surface area (Å²) in [6.07, 6.45) is 1.65. The van der Waals surface area contributed by atoms with E-state index in [-0.39, 0.29) is 12.2 Å². The van der Waals surface area contributed by atoms with Crippen LogP contribution >= 0.6 is 0 Å². The van der Waals surface area contributed by atoms with Gasteiger partial charge in [0.2, 0.25) is 0 Å². The molecule has 1 heterocycles. The first-order valence-electron chi connectivity index (χ1n) is 8.55. The van der Waals surface area contributed by atoms with Crippen LogP contribution in [-0.2, 0) is 27.4 Å². The van der Waals surface area contributed by atoms with Crippen LogP contribution in [0.5, 0.6) is 0 Å². The molecule has 0 spiro atoms. The Kier molecular flexibility index (Phi) is 6.23. The lowest BCUT2D eigenvalue weighted by molar-refractivity contribution is -0.155. The molecular weight excluding hydrogens is 316 g/mol. The van der Waals surface area contributed by atoms with Crippen LogP contribution in [0.4, 0.5) is 0 Å². The molecule has 0 aliphatic carbocycles. The van der Waals surface area contributed by atoms with Gasteiger partial charge in [-0.3, -0.25) is 0 Å². The fourth-order valence-electron chi connectivity index (χ4n) is 2.85. The van der Waals surface area contributed by atoms with E-state index in [9.17, 15) is 5.11 Å². The van der Waals surface area contributed by atoms with Gasteiger partial charge in [0.05, 0.1) is 25.6 Å². The number of aliphatic hydroxyl groups is 1. The van der Waals surface area contributed by atoms with E-state index in [2.05, 4.69) is 0 Å². The molecule has 4 heteroatoms. The van der Waals surface area contributed by atoms with E-state index in [1.807, 2.05) is 66.7 Å². The molecule has 132 valence electrons. The van der Waals surface area contributed by atoms with Gasteiger partial charge in [-0.1, -0.05) is 60.7 Å². The van der Waals surface area contributed by atoms with Crippen molar-refractivity contribution in [2.24, 2.45) is 0 Å². The van der Waals surface area contributed by atoms with Crippen LogP contribution in [0, 0.1) is 0 Å². The molecule has 0 saturated carbocycles. The van der Waals surface area contributed by atoms with Crippen molar-refractivity contribution < 1.29 is 19.3 Å². The van der Waals surface area contributed by atoms with Crippen LogP contribution in [0.3, 0.4) is 0 Å². The van der Waals surface area contributed by atoms with Crippen molar-refractivity contribution in [1.29, 1.82) is 0 Å². The van der Waals surface area contributed by atoms with Gasteiger partial charge in [-0.25, -0.2) is 0 Å². The Labute approximate surface area is 148 Å². The molecular formula is C21H24O4. The van der Waals surface area contributed by atoms with Crippen molar-refractivity contribution in [2.75, 3.05) is 0 Å². The molecule has 1 aliphatic heterocycles. The SMILES string of the molecule is CC(O)[C@H]1OC=C[C@@H](OCc2ccccc2)[C@@H]1OCc1ccccc1. The van der Waals surface area contributed by atoms with Gasteiger partial charge in [0.15, 0.2) is 6.10 Å². The smallest absolute Gasteiger partial charge is 0.152 e. The third kappa shape index (κ3) is 4.92. The maximum Gasteiger partial charge on any atom is 0.152 e. The predicted molar refractivity (Wildman–Crippen MR) is 95.7 cm³/mol. The van der Waals surface area contributed by atoms with Gasteiger partial charge in [0.25, 0.3) is 0 Å². The van der Waals surface area contributed by atoms with Crippen molar-refractivity contribution in [3.63, 3.8) is 0 Å². The zero-order valence-electron chi connectivity index (χ0n) is 14.3. The normalized spacial score (nSPS) is 23.8. The second-order valence-electron chi connectivity index (χ2n) is 6.19. The van der Waals surface area contributed by atoms with E-state index in [1.54, 1.807) is 13.2 Å². The van der Waals surface area contributed by atoms with E-state index in [1.165, 1.54) is 0 Å². The first-order chi connectivity index (χ1) is 12.2. The van der Waals surface area contributed by atoms with Crippen LogP contribution < -0.4 is 0 Å². The third-order valence-corrected chi connectivity index (χ3v) is 4.20. The van der Waals surface area contributed by atoms with Gasteiger partial charge in [-0.05, 0) is 24.1 Å². The number of rotatable bonds is 7. The quantitative estimate of drug-likeness (QED) is 0.839. The predicted octanol–water partition coefficient (Wildman–Crippen LogP) is 3.45. The van der Waals surface area contributed by atoms with E-state index in [0.717, 1.165) is 11.1 Å². The summed E-state index contributed by atoms with van der Waals surface area (Å²) in [7, 11) is 0. The molecule has 2 aromatic carbocycles. The molecule has 1 aliphatic rings. The lowest BCUT2D eigenvalue weighted by Gasteiger charge is -2.36. The van der Waals surface area contributed by atoms with E-state index in [0.29, 0.717) is 13.2 Å². The fourth-order valence-corrected chi connectivity index (χ4v) is 2.85. The number of ether oxygens (including phenoxy) is 3. The van der Waals surface area contributed by atoms with Gasteiger partial charge < -0.3 is 19.3 Å². The average molecular weight is 340 g/mol. The first-order valence-corrected chi connectivity index (χ1v) is 8.55. The minimum Gasteiger partial charge on any atom is -0.493 e. The molecule has 1 unspecified atom stereocenters. The summed E-state index contributed by atoms with van der Waals surface area (Å²) in [5.41, 5.74) is 2.17. The molecule has 0 saturated heterocycles. The number of hydrogen-bond acceptors (Lipinski definition) is 4. The van der Waals surface area contributed by atoms with Gasteiger partial charge in [0.1, 0.15) is 12.2 Å². The highest BCUT2D eigenvalue weighted by Gasteiger charge is 2.36. The second-order valence-corrected chi connectivity index (χ2v) is 6.19. The summed E-state index contributed by atoms with van der Waals surface area (Å²) in [5.74, 6) is 0. The summed E-state index contributed by atoms with van der Waals surface area (Å²) in [4.78, 5) is 0. The van der Waals surface area contributed by atoms with Crippen LogP contribution in [0.1, 0.15) is 18.1 Å². The number of benzene rings is 2. The molecule has 4 atom stereocenters. The Morgan fingerprint density at radius 2 is 1.48 bits per heavy atom. The lowest BCUT2D eigenvalue weighted by Crippen LogP contribution is -2.48. The zero-order valence-corrected chi connectivity index (χ0v) is 14.3. The Morgan fingerprint density at radius 3 is 2.04 bits per heavy atom. The maximum atomic E-state index is 10.1. The Balaban J connectivity index is 1.67. The maximum absolute atomic E-state index is 10.1. The summed E-state index contributed by atoms with van der Waals surface area (Å²) < 4.78 is 17.7. The molecule has 25 heavy (non-hydrogen) atoms.